The van der Waals surface area contributed by atoms with Crippen LogP contribution in [0.3, 0.4) is 0 Å². The summed E-state index contributed by atoms with van der Waals surface area (Å²) in [6, 6.07) is 14.7. The van der Waals surface area contributed by atoms with E-state index in [1.54, 1.807) is 30.9 Å². The van der Waals surface area contributed by atoms with Crippen molar-refractivity contribution < 1.29 is 9.09 Å². The second kappa shape index (κ2) is 6.34. The van der Waals surface area contributed by atoms with Gasteiger partial charge in [0.15, 0.2) is 0 Å². The first-order valence-corrected chi connectivity index (χ1v) is 8.83. The normalized spacial score (nSPS) is 13.6. The quantitative estimate of drug-likeness (QED) is 0.770. The van der Waals surface area contributed by atoms with Gasteiger partial charge in [0, 0.05) is 17.4 Å². The average Bonchev–Trinajstić information content (AvgIpc) is 2.38. The van der Waals surface area contributed by atoms with Gasteiger partial charge in [0.25, 0.3) is 0 Å². The zero-order valence-corrected chi connectivity index (χ0v) is 13.1. The molecule has 0 aliphatic heterocycles. The van der Waals surface area contributed by atoms with Crippen molar-refractivity contribution in [3.8, 4) is 5.75 Å². The number of benzene rings is 2. The molecule has 2 aromatic rings. The Balaban J connectivity index is 2.08. The fourth-order valence-corrected chi connectivity index (χ4v) is 3.17. The maximum absolute atomic E-state index is 12.4. The molecule has 0 spiro atoms. The van der Waals surface area contributed by atoms with Gasteiger partial charge in [-0.25, -0.2) is 0 Å². The van der Waals surface area contributed by atoms with Gasteiger partial charge in [-0.05, 0) is 42.3 Å². The molecule has 0 bridgehead atoms. The van der Waals surface area contributed by atoms with Gasteiger partial charge in [0.1, 0.15) is 5.75 Å². The monoisotopic (exact) mass is 309 g/mol. The number of nitrogens with one attached hydrogen (secondary N) is 1. The molecule has 2 aromatic carbocycles. The lowest BCUT2D eigenvalue weighted by molar-refractivity contribution is 0.493. The molecule has 5 heteroatoms. The lowest BCUT2D eigenvalue weighted by atomic mass is 10.2. The van der Waals surface area contributed by atoms with Gasteiger partial charge in [0.2, 0.25) is 0 Å². The van der Waals surface area contributed by atoms with E-state index in [2.05, 4.69) is 12.0 Å². The van der Waals surface area contributed by atoms with E-state index in [1.807, 2.05) is 24.3 Å². The van der Waals surface area contributed by atoms with E-state index >= 15 is 0 Å². The smallest absolute Gasteiger partial charge is 0.338 e. The molecule has 0 aliphatic carbocycles. The van der Waals surface area contributed by atoms with Gasteiger partial charge >= 0.3 is 7.52 Å². The van der Waals surface area contributed by atoms with E-state index in [9.17, 15) is 4.57 Å². The van der Waals surface area contributed by atoms with Crippen LogP contribution in [0.5, 0.6) is 5.75 Å². The highest BCUT2D eigenvalue weighted by atomic mass is 35.5. The molecule has 3 nitrogen and oxygen atoms in total. The molecular formula is C15H17ClNO2P. The molecular weight excluding hydrogens is 293 g/mol. The summed E-state index contributed by atoms with van der Waals surface area (Å²) in [6.45, 7) is 3.63. The average molecular weight is 310 g/mol. The fourth-order valence-electron chi connectivity index (χ4n) is 1.80. The molecule has 106 valence electrons. The van der Waals surface area contributed by atoms with E-state index < -0.39 is 7.52 Å². The third-order valence-electron chi connectivity index (χ3n) is 2.77. The molecule has 0 aromatic heterocycles. The Bertz CT molecular complexity index is 628. The van der Waals surface area contributed by atoms with Crippen molar-refractivity contribution in [1.82, 2.24) is 0 Å². The number of anilines is 1. The van der Waals surface area contributed by atoms with E-state index in [0.717, 1.165) is 6.42 Å². The van der Waals surface area contributed by atoms with Crippen LogP contribution in [0.15, 0.2) is 48.5 Å². The third kappa shape index (κ3) is 4.29. The van der Waals surface area contributed by atoms with Crippen molar-refractivity contribution in [2.24, 2.45) is 0 Å². The van der Waals surface area contributed by atoms with Gasteiger partial charge in [-0.15, -0.1) is 0 Å². The highest BCUT2D eigenvalue weighted by Gasteiger charge is 2.17. The number of hydrogen-bond donors (Lipinski definition) is 1. The lowest BCUT2D eigenvalue weighted by Crippen LogP contribution is -2.02. The highest BCUT2D eigenvalue weighted by Crippen LogP contribution is 2.43. The van der Waals surface area contributed by atoms with Crippen molar-refractivity contribution in [1.29, 1.82) is 0 Å². The Labute approximate surface area is 124 Å². The van der Waals surface area contributed by atoms with Crippen LogP contribution in [0.2, 0.25) is 5.02 Å². The molecule has 0 saturated carbocycles. The van der Waals surface area contributed by atoms with Crippen molar-refractivity contribution in [3.05, 3.63) is 59.1 Å². The van der Waals surface area contributed by atoms with Gasteiger partial charge in [-0.3, -0.25) is 4.57 Å². The summed E-state index contributed by atoms with van der Waals surface area (Å²) in [6.07, 6.45) is 0.963. The Kier molecular flexibility index (Phi) is 4.74. The van der Waals surface area contributed by atoms with E-state index in [4.69, 9.17) is 16.1 Å². The minimum Gasteiger partial charge on any atom is -0.429 e. The van der Waals surface area contributed by atoms with Crippen molar-refractivity contribution >= 4 is 24.8 Å². The molecule has 0 heterocycles. The molecule has 0 unspecified atom stereocenters. The predicted octanol–water partition coefficient (Wildman–Crippen LogP) is 5.22. The molecule has 0 aliphatic rings. The Hall–Kier alpha value is -1.44. The van der Waals surface area contributed by atoms with Crippen LogP contribution in [0.25, 0.3) is 0 Å². The van der Waals surface area contributed by atoms with Crippen LogP contribution in [-0.4, -0.2) is 6.66 Å². The number of aryl methyl sites for hydroxylation is 1. The summed E-state index contributed by atoms with van der Waals surface area (Å²) in [5, 5.41) is 3.47. The van der Waals surface area contributed by atoms with E-state index in [1.165, 1.54) is 5.56 Å². The number of hydrogen-bond acceptors (Lipinski definition) is 2. The molecule has 2 rings (SSSR count). The van der Waals surface area contributed by atoms with Crippen molar-refractivity contribution in [3.63, 3.8) is 0 Å². The summed E-state index contributed by atoms with van der Waals surface area (Å²) in [7, 11) is -2.99. The molecule has 1 atom stereocenters. The van der Waals surface area contributed by atoms with Crippen LogP contribution in [-0.2, 0) is 11.0 Å². The SMILES string of the molecule is CCc1ccc(O[P@@](C)(=O)Nc2cccc(Cl)c2)cc1. The molecule has 0 fully saturated rings. The minimum atomic E-state index is -2.99. The Morgan fingerprint density at radius 3 is 2.50 bits per heavy atom. The summed E-state index contributed by atoms with van der Waals surface area (Å²) < 4.78 is 18.0. The largest absolute Gasteiger partial charge is 0.429 e. The fraction of sp³-hybridized carbons (Fsp3) is 0.200. The van der Waals surface area contributed by atoms with Gasteiger partial charge in [-0.1, -0.05) is 36.7 Å². The van der Waals surface area contributed by atoms with E-state index in [-0.39, 0.29) is 0 Å². The molecule has 0 saturated heterocycles. The topological polar surface area (TPSA) is 38.3 Å². The standard InChI is InChI=1S/C15H17ClNO2P/c1-3-12-7-9-15(10-8-12)19-20(2,18)17-14-6-4-5-13(16)11-14/h4-11H,3H2,1-2H3,(H,17,18)/t20-/m1/s1. The van der Waals surface area contributed by atoms with Gasteiger partial charge in [-0.2, -0.15) is 0 Å². The summed E-state index contributed by atoms with van der Waals surface area (Å²) in [4.78, 5) is 0. The lowest BCUT2D eigenvalue weighted by Gasteiger charge is -2.17. The predicted molar refractivity (Wildman–Crippen MR) is 85.1 cm³/mol. The summed E-state index contributed by atoms with van der Waals surface area (Å²) in [5.74, 6) is 0.586. The van der Waals surface area contributed by atoms with Crippen LogP contribution in [0.1, 0.15) is 12.5 Å². The van der Waals surface area contributed by atoms with Crippen LogP contribution < -0.4 is 9.61 Å². The van der Waals surface area contributed by atoms with Crippen LogP contribution >= 0.6 is 19.1 Å². The third-order valence-corrected chi connectivity index (χ3v) is 4.23. The Morgan fingerprint density at radius 1 is 1.20 bits per heavy atom. The molecule has 20 heavy (non-hydrogen) atoms. The molecule has 1 N–H and O–H groups in total. The van der Waals surface area contributed by atoms with Gasteiger partial charge < -0.3 is 9.61 Å². The first-order valence-electron chi connectivity index (χ1n) is 6.38. The first-order chi connectivity index (χ1) is 9.48. The van der Waals surface area contributed by atoms with E-state index in [0.29, 0.717) is 16.5 Å². The zero-order chi connectivity index (χ0) is 14.6. The highest BCUT2D eigenvalue weighted by molar-refractivity contribution is 7.60. The van der Waals surface area contributed by atoms with Crippen LogP contribution in [0, 0.1) is 0 Å². The maximum atomic E-state index is 12.4. The maximum Gasteiger partial charge on any atom is 0.338 e. The molecule has 0 amide bonds. The minimum absolute atomic E-state index is 0.585. The molecule has 0 radical (unpaired) electrons. The van der Waals surface area contributed by atoms with Crippen molar-refractivity contribution in [2.75, 3.05) is 11.8 Å². The second-order valence-electron chi connectivity index (χ2n) is 4.56. The Morgan fingerprint density at radius 2 is 1.90 bits per heavy atom. The van der Waals surface area contributed by atoms with Crippen molar-refractivity contribution in [2.45, 2.75) is 13.3 Å². The van der Waals surface area contributed by atoms with Gasteiger partial charge in [0.05, 0.1) is 0 Å². The number of halogens is 1. The summed E-state index contributed by atoms with van der Waals surface area (Å²) in [5.41, 5.74) is 1.89. The number of rotatable bonds is 5. The second-order valence-corrected chi connectivity index (χ2v) is 7.09. The van der Waals surface area contributed by atoms with Crippen LogP contribution in [0.4, 0.5) is 5.69 Å². The summed E-state index contributed by atoms with van der Waals surface area (Å²) >= 11 is 5.90. The first kappa shape index (κ1) is 15.0. The zero-order valence-electron chi connectivity index (χ0n) is 11.5.